The molecule has 0 amide bonds. The molecule has 0 radical (unpaired) electrons. The quantitative estimate of drug-likeness (QED) is 0.680. The first kappa shape index (κ1) is 8.84. The van der Waals surface area contributed by atoms with Gasteiger partial charge in [-0.1, -0.05) is 0 Å². The highest BCUT2D eigenvalue weighted by molar-refractivity contribution is 7.10. The van der Waals surface area contributed by atoms with Gasteiger partial charge in [-0.2, -0.15) is 0 Å². The lowest BCUT2D eigenvalue weighted by Gasteiger charge is -2.19. The zero-order valence-corrected chi connectivity index (χ0v) is 8.26. The van der Waals surface area contributed by atoms with Crippen molar-refractivity contribution >= 4 is 17.6 Å². The van der Waals surface area contributed by atoms with Gasteiger partial charge in [0.15, 0.2) is 6.29 Å². The summed E-state index contributed by atoms with van der Waals surface area (Å²) in [7, 11) is 0. The van der Waals surface area contributed by atoms with Crippen LogP contribution in [0.1, 0.15) is 35.3 Å². The van der Waals surface area contributed by atoms with Crippen LogP contribution in [0.3, 0.4) is 0 Å². The number of nitrogens with zero attached hydrogens (tertiary/aromatic N) is 1. The minimum atomic E-state index is -0.244. The lowest BCUT2D eigenvalue weighted by Crippen LogP contribution is -2.19. The Balaban J connectivity index is 2.28. The Bertz CT molecular complexity index is 315. The van der Waals surface area contributed by atoms with E-state index < -0.39 is 0 Å². The average molecular weight is 197 g/mol. The minimum absolute atomic E-state index is 0.244. The van der Waals surface area contributed by atoms with Gasteiger partial charge < -0.3 is 4.74 Å². The molecule has 1 atom stereocenters. The maximum atomic E-state index is 10.4. The molecule has 2 rings (SSSR count). The van der Waals surface area contributed by atoms with Crippen LogP contribution >= 0.6 is 11.3 Å². The molecule has 0 bridgehead atoms. The summed E-state index contributed by atoms with van der Waals surface area (Å²) in [5.74, 6) is 0. The third-order valence-corrected chi connectivity index (χ3v) is 3.42. The predicted octanol–water partition coefficient (Wildman–Crippen LogP) is 1.98. The fourth-order valence-electron chi connectivity index (χ4n) is 1.53. The number of aldehydes is 1. The van der Waals surface area contributed by atoms with Crippen LogP contribution in [0.25, 0.3) is 0 Å². The van der Waals surface area contributed by atoms with E-state index in [0.717, 1.165) is 30.7 Å². The second-order valence-corrected chi connectivity index (χ2v) is 4.24. The monoisotopic (exact) mass is 197 g/mol. The molecule has 2 heterocycles. The number of ether oxygens (including phenoxy) is 1. The van der Waals surface area contributed by atoms with E-state index in [0.29, 0.717) is 5.69 Å². The van der Waals surface area contributed by atoms with Crippen LogP contribution in [0.4, 0.5) is 0 Å². The number of rotatable bonds is 2. The van der Waals surface area contributed by atoms with Crippen molar-refractivity contribution in [1.82, 2.24) is 4.98 Å². The van der Waals surface area contributed by atoms with Gasteiger partial charge >= 0.3 is 0 Å². The van der Waals surface area contributed by atoms with Gasteiger partial charge in [-0.05, 0) is 19.8 Å². The second-order valence-electron chi connectivity index (χ2n) is 3.38. The molecular formula is C9H11NO2S. The standard InChI is InChI=1S/C9H11NO2S/c1-9(3-2-4-12-9)8-10-7(5-11)6-13-8/h5-6H,2-4H2,1H3. The lowest BCUT2D eigenvalue weighted by molar-refractivity contribution is 0.0166. The summed E-state index contributed by atoms with van der Waals surface area (Å²) >= 11 is 1.50. The fraction of sp³-hybridized carbons (Fsp3) is 0.556. The largest absolute Gasteiger partial charge is 0.368 e. The Morgan fingerprint density at radius 3 is 3.15 bits per heavy atom. The summed E-state index contributed by atoms with van der Waals surface area (Å²) in [5.41, 5.74) is 0.267. The Kier molecular flexibility index (Phi) is 2.17. The number of thiazole rings is 1. The Hall–Kier alpha value is -0.740. The lowest BCUT2D eigenvalue weighted by atomic mass is 10.0. The van der Waals surface area contributed by atoms with Gasteiger partial charge in [0.05, 0.1) is 0 Å². The second kappa shape index (κ2) is 3.20. The summed E-state index contributed by atoms with van der Waals surface area (Å²) in [6.45, 7) is 2.83. The summed E-state index contributed by atoms with van der Waals surface area (Å²) in [6.07, 6.45) is 2.85. The molecule has 0 spiro atoms. The van der Waals surface area contributed by atoms with Gasteiger partial charge in [0, 0.05) is 12.0 Å². The van der Waals surface area contributed by atoms with Gasteiger partial charge in [-0.15, -0.1) is 11.3 Å². The van der Waals surface area contributed by atoms with Crippen molar-refractivity contribution in [3.63, 3.8) is 0 Å². The molecule has 0 aliphatic carbocycles. The average Bonchev–Trinajstić information content (AvgIpc) is 2.72. The van der Waals surface area contributed by atoms with Crippen molar-refractivity contribution in [1.29, 1.82) is 0 Å². The molecule has 1 fully saturated rings. The number of hydrogen-bond donors (Lipinski definition) is 0. The molecule has 1 saturated heterocycles. The molecule has 0 saturated carbocycles. The van der Waals surface area contributed by atoms with Gasteiger partial charge in [0.25, 0.3) is 0 Å². The molecule has 13 heavy (non-hydrogen) atoms. The van der Waals surface area contributed by atoms with E-state index in [1.165, 1.54) is 11.3 Å². The number of aromatic nitrogens is 1. The SMILES string of the molecule is CC1(c2nc(C=O)cs2)CCCO1. The maximum Gasteiger partial charge on any atom is 0.169 e. The summed E-state index contributed by atoms with van der Waals surface area (Å²) in [4.78, 5) is 14.7. The van der Waals surface area contributed by atoms with Crippen molar-refractivity contribution in [2.75, 3.05) is 6.61 Å². The molecular weight excluding hydrogens is 186 g/mol. The van der Waals surface area contributed by atoms with E-state index >= 15 is 0 Å². The minimum Gasteiger partial charge on any atom is -0.368 e. The van der Waals surface area contributed by atoms with E-state index in [9.17, 15) is 4.79 Å². The van der Waals surface area contributed by atoms with Crippen LogP contribution in [0, 0.1) is 0 Å². The molecule has 1 aliphatic heterocycles. The van der Waals surface area contributed by atoms with Crippen molar-refractivity contribution in [3.05, 3.63) is 16.1 Å². The molecule has 1 aromatic heterocycles. The third-order valence-electron chi connectivity index (χ3n) is 2.31. The number of hydrogen-bond acceptors (Lipinski definition) is 4. The molecule has 3 nitrogen and oxygen atoms in total. The molecule has 4 heteroatoms. The fourth-order valence-corrected chi connectivity index (χ4v) is 2.44. The van der Waals surface area contributed by atoms with Gasteiger partial charge in [-0.3, -0.25) is 4.79 Å². The highest BCUT2D eigenvalue weighted by Gasteiger charge is 2.34. The van der Waals surface area contributed by atoms with Crippen molar-refractivity contribution in [3.8, 4) is 0 Å². The zero-order valence-electron chi connectivity index (χ0n) is 7.45. The Morgan fingerprint density at radius 1 is 1.77 bits per heavy atom. The van der Waals surface area contributed by atoms with E-state index in [-0.39, 0.29) is 5.60 Å². The van der Waals surface area contributed by atoms with Gasteiger partial charge in [0.1, 0.15) is 16.3 Å². The van der Waals surface area contributed by atoms with Crippen molar-refractivity contribution < 1.29 is 9.53 Å². The van der Waals surface area contributed by atoms with Crippen LogP contribution < -0.4 is 0 Å². The maximum absolute atomic E-state index is 10.4. The van der Waals surface area contributed by atoms with Gasteiger partial charge in [0.2, 0.25) is 0 Å². The van der Waals surface area contributed by atoms with Gasteiger partial charge in [-0.25, -0.2) is 4.98 Å². The predicted molar refractivity (Wildman–Crippen MR) is 50.0 cm³/mol. The van der Waals surface area contributed by atoms with Crippen molar-refractivity contribution in [2.45, 2.75) is 25.4 Å². The van der Waals surface area contributed by atoms with E-state index in [1.54, 1.807) is 5.38 Å². The van der Waals surface area contributed by atoms with Crippen LogP contribution in [-0.4, -0.2) is 17.9 Å². The Labute approximate surface area is 80.8 Å². The molecule has 1 aliphatic rings. The highest BCUT2D eigenvalue weighted by Crippen LogP contribution is 2.36. The normalized spacial score (nSPS) is 27.8. The third kappa shape index (κ3) is 1.51. The van der Waals surface area contributed by atoms with E-state index in [4.69, 9.17) is 4.74 Å². The number of carbonyl (C=O) groups excluding carboxylic acids is 1. The first-order valence-corrected chi connectivity index (χ1v) is 5.18. The highest BCUT2D eigenvalue weighted by atomic mass is 32.1. The first-order valence-electron chi connectivity index (χ1n) is 4.30. The van der Waals surface area contributed by atoms with Crippen LogP contribution in [0.15, 0.2) is 5.38 Å². The topological polar surface area (TPSA) is 39.2 Å². The molecule has 1 aromatic rings. The molecule has 0 aromatic carbocycles. The first-order chi connectivity index (χ1) is 6.24. The summed E-state index contributed by atoms with van der Waals surface area (Å²) in [6, 6.07) is 0. The van der Waals surface area contributed by atoms with E-state index in [1.807, 2.05) is 6.92 Å². The molecule has 70 valence electrons. The number of carbonyl (C=O) groups is 1. The van der Waals surface area contributed by atoms with Crippen LogP contribution in [0.2, 0.25) is 0 Å². The zero-order chi connectivity index (χ0) is 9.31. The summed E-state index contributed by atoms with van der Waals surface area (Å²) < 4.78 is 5.62. The van der Waals surface area contributed by atoms with Crippen molar-refractivity contribution in [2.24, 2.45) is 0 Å². The van der Waals surface area contributed by atoms with E-state index in [2.05, 4.69) is 4.98 Å². The Morgan fingerprint density at radius 2 is 2.62 bits per heavy atom. The molecule has 0 N–H and O–H groups in total. The summed E-state index contributed by atoms with van der Waals surface area (Å²) in [5, 5.41) is 2.70. The molecule has 1 unspecified atom stereocenters. The smallest absolute Gasteiger partial charge is 0.169 e. The van der Waals surface area contributed by atoms with Crippen LogP contribution in [-0.2, 0) is 10.3 Å². The van der Waals surface area contributed by atoms with Crippen LogP contribution in [0.5, 0.6) is 0 Å².